The van der Waals surface area contributed by atoms with Crippen molar-refractivity contribution in [1.82, 2.24) is 10.2 Å². The molecule has 1 atom stereocenters. The van der Waals surface area contributed by atoms with E-state index < -0.39 is 6.04 Å². The lowest BCUT2D eigenvalue weighted by atomic mass is 10.0. The topological polar surface area (TPSA) is 114 Å². The van der Waals surface area contributed by atoms with Crippen molar-refractivity contribution in [2.45, 2.75) is 46.1 Å². The Kier molecular flexibility index (Phi) is 10.2. The van der Waals surface area contributed by atoms with Gasteiger partial charge in [-0.05, 0) is 26.3 Å². The molecule has 7 nitrogen and oxygen atoms in total. The number of nitrogens with one attached hydrogen (secondary N) is 1. The summed E-state index contributed by atoms with van der Waals surface area (Å²) in [6.07, 6.45) is 1.63. The monoisotopic (exact) mass is 299 g/mol. The molecule has 1 unspecified atom stereocenters. The van der Waals surface area contributed by atoms with E-state index in [0.29, 0.717) is 38.9 Å². The van der Waals surface area contributed by atoms with Crippen LogP contribution in [0.2, 0.25) is 0 Å². The van der Waals surface area contributed by atoms with Crippen LogP contribution in [0.3, 0.4) is 0 Å². The highest BCUT2D eigenvalue weighted by molar-refractivity contribution is 5.87. The number of carbonyl (C=O) groups is 2. The van der Waals surface area contributed by atoms with Crippen LogP contribution in [0, 0.1) is 0 Å². The molecule has 5 N–H and O–H groups in total. The second-order valence-electron chi connectivity index (χ2n) is 4.87. The van der Waals surface area contributed by atoms with Gasteiger partial charge in [0, 0.05) is 26.1 Å². The van der Waals surface area contributed by atoms with Gasteiger partial charge in [0.05, 0.1) is 6.04 Å². The zero-order valence-corrected chi connectivity index (χ0v) is 13.4. The molecule has 0 fully saturated rings. The van der Waals surface area contributed by atoms with E-state index >= 15 is 0 Å². The third-order valence-electron chi connectivity index (χ3n) is 3.18. The third kappa shape index (κ3) is 8.29. The highest BCUT2D eigenvalue weighted by Gasteiger charge is 2.25. The molecular formula is C14H29N5O2. The molecule has 0 saturated carbocycles. The standard InChI is InChI=1S/C14H29N5O2/c1-4-13(21)19(10-9-17-5-2)12(11(3)20)7-6-8-18-14(15)16/h12,17H,4-10H2,1-3H3,(H4,15,16,18). The van der Waals surface area contributed by atoms with Crippen LogP contribution >= 0.6 is 0 Å². The average molecular weight is 299 g/mol. The van der Waals surface area contributed by atoms with Crippen molar-refractivity contribution in [1.29, 1.82) is 0 Å². The quantitative estimate of drug-likeness (QED) is 0.279. The molecule has 122 valence electrons. The molecule has 0 bridgehead atoms. The summed E-state index contributed by atoms with van der Waals surface area (Å²) in [6.45, 7) is 7.85. The minimum Gasteiger partial charge on any atom is -0.370 e. The van der Waals surface area contributed by atoms with Crippen LogP contribution in [-0.4, -0.2) is 54.8 Å². The predicted octanol–water partition coefficient (Wildman–Crippen LogP) is -0.154. The van der Waals surface area contributed by atoms with Crippen molar-refractivity contribution < 1.29 is 9.59 Å². The van der Waals surface area contributed by atoms with Crippen LogP contribution in [0.5, 0.6) is 0 Å². The van der Waals surface area contributed by atoms with Gasteiger partial charge in [0.1, 0.15) is 0 Å². The Morgan fingerprint density at radius 3 is 2.43 bits per heavy atom. The van der Waals surface area contributed by atoms with E-state index in [-0.39, 0.29) is 17.6 Å². The molecule has 1 amide bonds. The number of Topliss-reactive ketones (excluding diaryl/α,β-unsaturated/α-hetero) is 1. The Morgan fingerprint density at radius 2 is 1.95 bits per heavy atom. The van der Waals surface area contributed by atoms with Crippen molar-refractivity contribution in [3.05, 3.63) is 0 Å². The van der Waals surface area contributed by atoms with E-state index in [9.17, 15) is 9.59 Å². The predicted molar refractivity (Wildman–Crippen MR) is 84.9 cm³/mol. The number of hydrogen-bond donors (Lipinski definition) is 3. The van der Waals surface area contributed by atoms with Crippen LogP contribution in [0.1, 0.15) is 40.0 Å². The van der Waals surface area contributed by atoms with Crippen molar-refractivity contribution >= 4 is 17.6 Å². The molecule has 0 aliphatic heterocycles. The first-order valence-corrected chi connectivity index (χ1v) is 7.50. The minimum atomic E-state index is -0.398. The molecule has 0 saturated heterocycles. The number of ketones is 1. The maximum atomic E-state index is 12.1. The summed E-state index contributed by atoms with van der Waals surface area (Å²) >= 11 is 0. The van der Waals surface area contributed by atoms with Crippen LogP contribution in [0.4, 0.5) is 0 Å². The highest BCUT2D eigenvalue weighted by Crippen LogP contribution is 2.10. The summed E-state index contributed by atoms with van der Waals surface area (Å²) in [5, 5.41) is 3.17. The van der Waals surface area contributed by atoms with Crippen molar-refractivity contribution in [2.24, 2.45) is 16.5 Å². The second kappa shape index (κ2) is 11.1. The van der Waals surface area contributed by atoms with Crippen LogP contribution in [0.15, 0.2) is 4.99 Å². The van der Waals surface area contributed by atoms with Crippen LogP contribution < -0.4 is 16.8 Å². The van der Waals surface area contributed by atoms with Gasteiger partial charge in [-0.3, -0.25) is 14.6 Å². The van der Waals surface area contributed by atoms with Crippen LogP contribution in [0.25, 0.3) is 0 Å². The zero-order valence-electron chi connectivity index (χ0n) is 13.4. The molecule has 0 aliphatic rings. The van der Waals surface area contributed by atoms with Gasteiger partial charge in [0.25, 0.3) is 0 Å². The van der Waals surface area contributed by atoms with Gasteiger partial charge in [-0.25, -0.2) is 0 Å². The molecule has 21 heavy (non-hydrogen) atoms. The molecule has 0 spiro atoms. The lowest BCUT2D eigenvalue weighted by Crippen LogP contribution is -2.47. The Balaban J connectivity index is 4.68. The smallest absolute Gasteiger partial charge is 0.222 e. The van der Waals surface area contributed by atoms with Gasteiger partial charge < -0.3 is 21.7 Å². The Labute approximate surface area is 127 Å². The first-order valence-electron chi connectivity index (χ1n) is 7.50. The molecule has 0 aromatic carbocycles. The molecular weight excluding hydrogens is 270 g/mol. The van der Waals surface area contributed by atoms with Crippen LogP contribution in [-0.2, 0) is 9.59 Å². The van der Waals surface area contributed by atoms with E-state index in [2.05, 4.69) is 10.3 Å². The van der Waals surface area contributed by atoms with Gasteiger partial charge >= 0.3 is 0 Å². The third-order valence-corrected chi connectivity index (χ3v) is 3.18. The Bertz CT molecular complexity index is 353. The number of hydrogen-bond acceptors (Lipinski definition) is 4. The summed E-state index contributed by atoms with van der Waals surface area (Å²) in [6, 6.07) is -0.398. The molecule has 0 heterocycles. The van der Waals surface area contributed by atoms with Gasteiger partial charge in [0.2, 0.25) is 5.91 Å². The fourth-order valence-electron chi connectivity index (χ4n) is 2.11. The number of amides is 1. The van der Waals surface area contributed by atoms with E-state index in [0.717, 1.165) is 6.54 Å². The maximum absolute atomic E-state index is 12.1. The highest BCUT2D eigenvalue weighted by atomic mass is 16.2. The number of nitrogens with two attached hydrogens (primary N) is 2. The van der Waals surface area contributed by atoms with Gasteiger partial charge in [-0.2, -0.15) is 0 Å². The number of aliphatic imine (C=N–C) groups is 1. The van der Waals surface area contributed by atoms with E-state index in [1.54, 1.807) is 11.8 Å². The number of rotatable bonds is 11. The number of likely N-dealkylation sites (N-methyl/N-ethyl adjacent to an activating group) is 1. The van der Waals surface area contributed by atoms with E-state index in [4.69, 9.17) is 11.5 Å². The summed E-state index contributed by atoms with van der Waals surface area (Å²) in [4.78, 5) is 29.5. The molecule has 0 rings (SSSR count). The lowest BCUT2D eigenvalue weighted by Gasteiger charge is -2.30. The molecule has 0 aliphatic carbocycles. The van der Waals surface area contributed by atoms with Crippen molar-refractivity contribution in [3.63, 3.8) is 0 Å². The molecule has 0 aromatic rings. The maximum Gasteiger partial charge on any atom is 0.222 e. The molecule has 0 aromatic heterocycles. The number of carbonyl (C=O) groups excluding carboxylic acids is 2. The van der Waals surface area contributed by atoms with Crippen molar-refractivity contribution in [2.75, 3.05) is 26.2 Å². The first-order chi connectivity index (χ1) is 9.93. The summed E-state index contributed by atoms with van der Waals surface area (Å²) in [5.74, 6) is 0.0379. The largest absolute Gasteiger partial charge is 0.370 e. The van der Waals surface area contributed by atoms with Gasteiger partial charge in [-0.1, -0.05) is 13.8 Å². The van der Waals surface area contributed by atoms with Gasteiger partial charge in [-0.15, -0.1) is 0 Å². The molecule has 0 radical (unpaired) electrons. The Hall–Kier alpha value is -1.63. The summed E-state index contributed by atoms with van der Waals surface area (Å²) in [5.41, 5.74) is 10.5. The number of nitrogens with zero attached hydrogens (tertiary/aromatic N) is 2. The van der Waals surface area contributed by atoms with E-state index in [1.807, 2.05) is 6.92 Å². The fourth-order valence-corrected chi connectivity index (χ4v) is 2.11. The van der Waals surface area contributed by atoms with Crippen molar-refractivity contribution in [3.8, 4) is 0 Å². The fraction of sp³-hybridized carbons (Fsp3) is 0.786. The Morgan fingerprint density at radius 1 is 1.29 bits per heavy atom. The lowest BCUT2D eigenvalue weighted by molar-refractivity contribution is -0.138. The minimum absolute atomic E-state index is 0.00185. The zero-order chi connectivity index (χ0) is 16.3. The average Bonchev–Trinajstić information content (AvgIpc) is 2.43. The first kappa shape index (κ1) is 19.4. The molecule has 7 heteroatoms. The summed E-state index contributed by atoms with van der Waals surface area (Å²) < 4.78 is 0. The normalized spacial score (nSPS) is 11.8. The SMILES string of the molecule is CCNCCN(C(=O)CC)C(CCCN=C(N)N)C(C)=O. The second-order valence-corrected chi connectivity index (χ2v) is 4.87. The van der Waals surface area contributed by atoms with E-state index in [1.165, 1.54) is 6.92 Å². The summed E-state index contributed by atoms with van der Waals surface area (Å²) in [7, 11) is 0. The van der Waals surface area contributed by atoms with Gasteiger partial charge in [0.15, 0.2) is 11.7 Å². The number of guanidine groups is 1.